The van der Waals surface area contributed by atoms with Crippen molar-refractivity contribution in [3.8, 4) is 17.1 Å². The molecule has 6 heteroatoms. The van der Waals surface area contributed by atoms with Crippen molar-refractivity contribution in [3.63, 3.8) is 0 Å². The standard InChI is InChI=1S/C36H34N2O4/c1-3-4-20-41-21-22-42-30-14-12-27(13-15-30)35(32-11-7-9-26-8-5-6-10-31(26)32)25(2)28-16-18-37-33(23-28)34-24-29(36(39)40)17-19-38-34/h5-19,23-24H,3-4,20-22H2,1-2H3,(H,39,40)/b35-25-. The van der Waals surface area contributed by atoms with Gasteiger partial charge in [0.1, 0.15) is 12.4 Å². The van der Waals surface area contributed by atoms with Gasteiger partial charge in [0.15, 0.2) is 0 Å². The van der Waals surface area contributed by atoms with Crippen LogP contribution in [0.1, 0.15) is 53.7 Å². The van der Waals surface area contributed by atoms with Crippen molar-refractivity contribution in [2.45, 2.75) is 26.7 Å². The van der Waals surface area contributed by atoms with Gasteiger partial charge in [0.05, 0.1) is 23.6 Å². The first-order valence-electron chi connectivity index (χ1n) is 14.2. The van der Waals surface area contributed by atoms with E-state index in [2.05, 4.69) is 72.3 Å². The van der Waals surface area contributed by atoms with E-state index in [1.54, 1.807) is 12.3 Å². The van der Waals surface area contributed by atoms with Crippen LogP contribution >= 0.6 is 0 Å². The quantitative estimate of drug-likeness (QED) is 0.156. The summed E-state index contributed by atoms with van der Waals surface area (Å²) in [5.74, 6) is -0.205. The van der Waals surface area contributed by atoms with Crippen LogP contribution in [0.2, 0.25) is 0 Å². The Kier molecular flexibility index (Phi) is 9.37. The van der Waals surface area contributed by atoms with Gasteiger partial charge in [-0.05, 0) is 88.4 Å². The van der Waals surface area contributed by atoms with Crippen LogP contribution in [0.3, 0.4) is 0 Å². The van der Waals surface area contributed by atoms with Crippen LogP contribution in [0.15, 0.2) is 103 Å². The summed E-state index contributed by atoms with van der Waals surface area (Å²) in [6.07, 6.45) is 5.41. The molecule has 0 bridgehead atoms. The van der Waals surface area contributed by atoms with Crippen LogP contribution < -0.4 is 4.74 Å². The number of allylic oxidation sites excluding steroid dienone is 1. The number of hydrogen-bond donors (Lipinski definition) is 1. The Morgan fingerprint density at radius 2 is 1.45 bits per heavy atom. The minimum atomic E-state index is -0.999. The molecule has 0 aliphatic heterocycles. The zero-order valence-corrected chi connectivity index (χ0v) is 23.9. The van der Waals surface area contributed by atoms with Crippen molar-refractivity contribution in [2.24, 2.45) is 0 Å². The molecule has 0 saturated carbocycles. The Labute approximate surface area is 246 Å². The lowest BCUT2D eigenvalue weighted by Gasteiger charge is -2.17. The van der Waals surface area contributed by atoms with Crippen LogP contribution in [0, 0.1) is 0 Å². The normalized spacial score (nSPS) is 11.8. The minimum Gasteiger partial charge on any atom is -0.491 e. The fourth-order valence-electron chi connectivity index (χ4n) is 4.95. The van der Waals surface area contributed by atoms with Crippen LogP contribution in [0.25, 0.3) is 33.3 Å². The highest BCUT2D eigenvalue weighted by Gasteiger charge is 2.15. The Balaban J connectivity index is 1.54. The van der Waals surface area contributed by atoms with E-state index in [0.717, 1.165) is 63.8 Å². The maximum absolute atomic E-state index is 11.5. The van der Waals surface area contributed by atoms with Gasteiger partial charge in [-0.3, -0.25) is 9.97 Å². The third kappa shape index (κ3) is 6.73. The Hall–Kier alpha value is -4.81. The van der Waals surface area contributed by atoms with E-state index in [1.165, 1.54) is 12.3 Å². The van der Waals surface area contributed by atoms with Crippen molar-refractivity contribution in [2.75, 3.05) is 19.8 Å². The molecule has 0 saturated heterocycles. The van der Waals surface area contributed by atoms with Gasteiger partial charge in [0.2, 0.25) is 0 Å². The summed E-state index contributed by atoms with van der Waals surface area (Å²) in [6.45, 7) is 6.08. The molecule has 5 rings (SSSR count). The second-order valence-electron chi connectivity index (χ2n) is 10.0. The Morgan fingerprint density at radius 3 is 2.19 bits per heavy atom. The molecule has 0 spiro atoms. The summed E-state index contributed by atoms with van der Waals surface area (Å²) in [5.41, 5.74) is 6.58. The third-order valence-electron chi connectivity index (χ3n) is 7.18. The number of carboxylic acid groups (broad SMARTS) is 1. The number of unbranched alkanes of at least 4 members (excludes halogenated alkanes) is 1. The highest BCUT2D eigenvalue weighted by molar-refractivity contribution is 6.06. The molecule has 5 aromatic rings. The highest BCUT2D eigenvalue weighted by Crippen LogP contribution is 2.37. The molecule has 0 radical (unpaired) electrons. The number of rotatable bonds is 12. The average molecular weight is 559 g/mol. The maximum atomic E-state index is 11.5. The summed E-state index contributed by atoms with van der Waals surface area (Å²) in [7, 11) is 0. The van der Waals surface area contributed by atoms with Gasteiger partial charge in [-0.2, -0.15) is 0 Å². The van der Waals surface area contributed by atoms with E-state index in [0.29, 0.717) is 24.6 Å². The van der Waals surface area contributed by atoms with Gasteiger partial charge in [0.25, 0.3) is 0 Å². The van der Waals surface area contributed by atoms with Crippen LogP contribution in [-0.2, 0) is 4.74 Å². The van der Waals surface area contributed by atoms with Crippen molar-refractivity contribution in [3.05, 3.63) is 126 Å². The van der Waals surface area contributed by atoms with Crippen molar-refractivity contribution in [1.82, 2.24) is 9.97 Å². The van der Waals surface area contributed by atoms with E-state index in [4.69, 9.17) is 9.47 Å². The van der Waals surface area contributed by atoms with Crippen molar-refractivity contribution < 1.29 is 19.4 Å². The van der Waals surface area contributed by atoms with E-state index >= 15 is 0 Å². The van der Waals surface area contributed by atoms with E-state index < -0.39 is 5.97 Å². The zero-order valence-electron chi connectivity index (χ0n) is 23.9. The predicted octanol–water partition coefficient (Wildman–Crippen LogP) is 8.17. The first-order chi connectivity index (χ1) is 20.5. The third-order valence-corrected chi connectivity index (χ3v) is 7.18. The number of benzene rings is 3. The number of pyridine rings is 2. The number of ether oxygens (including phenoxy) is 2. The lowest BCUT2D eigenvalue weighted by molar-refractivity contribution is 0.0696. The summed E-state index contributed by atoms with van der Waals surface area (Å²) < 4.78 is 11.6. The van der Waals surface area contributed by atoms with Gasteiger partial charge in [-0.15, -0.1) is 0 Å². The predicted molar refractivity (Wildman–Crippen MR) is 168 cm³/mol. The number of hydrogen-bond acceptors (Lipinski definition) is 5. The summed E-state index contributed by atoms with van der Waals surface area (Å²) in [5, 5.41) is 11.8. The average Bonchev–Trinajstić information content (AvgIpc) is 3.03. The molecule has 6 nitrogen and oxygen atoms in total. The van der Waals surface area contributed by atoms with E-state index in [-0.39, 0.29) is 5.56 Å². The molecular formula is C36H34N2O4. The van der Waals surface area contributed by atoms with Gasteiger partial charge in [0, 0.05) is 19.0 Å². The lowest BCUT2D eigenvalue weighted by atomic mass is 9.87. The molecule has 2 aromatic heterocycles. The molecule has 212 valence electrons. The topological polar surface area (TPSA) is 81.5 Å². The number of nitrogens with zero attached hydrogens (tertiary/aromatic N) is 2. The molecule has 2 heterocycles. The van der Waals surface area contributed by atoms with Crippen molar-refractivity contribution >= 4 is 27.9 Å². The van der Waals surface area contributed by atoms with Crippen LogP contribution in [0.4, 0.5) is 0 Å². The smallest absolute Gasteiger partial charge is 0.335 e. The minimum absolute atomic E-state index is 0.172. The van der Waals surface area contributed by atoms with Crippen LogP contribution in [-0.4, -0.2) is 40.9 Å². The number of aromatic carboxylic acids is 1. The molecule has 3 aromatic carbocycles. The van der Waals surface area contributed by atoms with Crippen molar-refractivity contribution in [1.29, 1.82) is 0 Å². The summed E-state index contributed by atoms with van der Waals surface area (Å²) in [4.78, 5) is 20.4. The first-order valence-corrected chi connectivity index (χ1v) is 14.2. The zero-order chi connectivity index (χ0) is 29.3. The molecule has 0 unspecified atom stereocenters. The maximum Gasteiger partial charge on any atom is 0.335 e. The summed E-state index contributed by atoms with van der Waals surface area (Å²) >= 11 is 0. The van der Waals surface area contributed by atoms with Gasteiger partial charge < -0.3 is 14.6 Å². The SMILES string of the molecule is CCCCOCCOc1ccc(/C(=C(\C)c2ccnc(-c3cc(C(=O)O)ccn3)c2)c2cccc3ccccc23)cc1. The fraction of sp³-hybridized carbons (Fsp3) is 0.194. The lowest BCUT2D eigenvalue weighted by Crippen LogP contribution is -2.07. The Morgan fingerprint density at radius 1 is 0.762 bits per heavy atom. The van der Waals surface area contributed by atoms with Gasteiger partial charge in [-0.25, -0.2) is 4.79 Å². The van der Waals surface area contributed by atoms with E-state index in [9.17, 15) is 9.90 Å². The number of carbonyl (C=O) groups is 1. The van der Waals surface area contributed by atoms with E-state index in [1.807, 2.05) is 30.3 Å². The molecular weight excluding hydrogens is 524 g/mol. The number of fused-ring (bicyclic) bond motifs is 1. The molecule has 0 aliphatic carbocycles. The second-order valence-corrected chi connectivity index (χ2v) is 10.0. The van der Waals surface area contributed by atoms with Gasteiger partial charge >= 0.3 is 5.97 Å². The molecule has 0 fully saturated rings. The fourth-order valence-corrected chi connectivity index (χ4v) is 4.95. The highest BCUT2D eigenvalue weighted by atomic mass is 16.5. The largest absolute Gasteiger partial charge is 0.491 e. The molecule has 0 amide bonds. The van der Waals surface area contributed by atoms with Gasteiger partial charge in [-0.1, -0.05) is 67.9 Å². The van der Waals surface area contributed by atoms with Crippen LogP contribution in [0.5, 0.6) is 5.75 Å². The molecule has 0 atom stereocenters. The number of aromatic nitrogens is 2. The first kappa shape index (κ1) is 28.7. The monoisotopic (exact) mass is 558 g/mol. The summed E-state index contributed by atoms with van der Waals surface area (Å²) in [6, 6.07) is 29.9. The second kappa shape index (κ2) is 13.7. The molecule has 0 aliphatic rings. The molecule has 42 heavy (non-hydrogen) atoms. The Bertz CT molecular complexity index is 1700. The molecule has 1 N–H and O–H groups in total. The number of carboxylic acids is 1.